The second-order valence-corrected chi connectivity index (χ2v) is 6.85. The number of aromatic nitrogens is 1. The summed E-state index contributed by atoms with van der Waals surface area (Å²) in [4.78, 5) is 29.8. The first-order chi connectivity index (χ1) is 12.6. The predicted molar refractivity (Wildman–Crippen MR) is 101 cm³/mol. The smallest absolute Gasteiger partial charge is 0.251 e. The Labute approximate surface area is 154 Å². The summed E-state index contributed by atoms with van der Waals surface area (Å²) in [7, 11) is 0. The van der Waals surface area contributed by atoms with Crippen LogP contribution in [0, 0.1) is 5.92 Å². The van der Waals surface area contributed by atoms with E-state index in [0.29, 0.717) is 18.0 Å². The van der Waals surface area contributed by atoms with Crippen LogP contribution >= 0.6 is 0 Å². The highest BCUT2D eigenvalue weighted by Crippen LogP contribution is 2.22. The van der Waals surface area contributed by atoms with Crippen LogP contribution in [-0.2, 0) is 17.8 Å². The third kappa shape index (κ3) is 4.91. The molecule has 2 aromatic rings. The molecule has 5 nitrogen and oxygen atoms in total. The highest BCUT2D eigenvalue weighted by molar-refractivity contribution is 5.94. The predicted octanol–water partition coefficient (Wildman–Crippen LogP) is 2.81. The van der Waals surface area contributed by atoms with Crippen molar-refractivity contribution in [1.82, 2.24) is 15.2 Å². The van der Waals surface area contributed by atoms with E-state index >= 15 is 0 Å². The van der Waals surface area contributed by atoms with Crippen LogP contribution in [0.3, 0.4) is 0 Å². The second kappa shape index (κ2) is 8.61. The van der Waals surface area contributed by atoms with Gasteiger partial charge in [0.05, 0.1) is 12.2 Å². The van der Waals surface area contributed by atoms with Crippen LogP contribution in [0.25, 0.3) is 0 Å². The number of pyridine rings is 1. The van der Waals surface area contributed by atoms with Crippen molar-refractivity contribution >= 4 is 11.8 Å². The molecule has 1 saturated heterocycles. The first-order valence-corrected chi connectivity index (χ1v) is 9.14. The van der Waals surface area contributed by atoms with Crippen LogP contribution in [0.15, 0.2) is 48.7 Å². The zero-order chi connectivity index (χ0) is 18.4. The fourth-order valence-corrected chi connectivity index (χ4v) is 3.35. The molecule has 26 heavy (non-hydrogen) atoms. The summed E-state index contributed by atoms with van der Waals surface area (Å²) in [5, 5.41) is 2.89. The van der Waals surface area contributed by atoms with Crippen molar-refractivity contribution in [2.24, 2.45) is 5.92 Å². The van der Waals surface area contributed by atoms with Crippen molar-refractivity contribution in [2.75, 3.05) is 13.1 Å². The standard InChI is InChI=1S/C21H25N3O2/c1-16(25)24-12-9-18(10-13-24)14-17-5-7-19(8-6-17)21(26)23-15-20-4-2-3-11-22-20/h2-8,11,18H,9-10,12-15H2,1H3,(H,23,26). The summed E-state index contributed by atoms with van der Waals surface area (Å²) in [6.45, 7) is 3.77. The molecule has 2 heterocycles. The minimum atomic E-state index is -0.0861. The molecule has 1 aromatic heterocycles. The number of rotatable bonds is 5. The van der Waals surface area contributed by atoms with Crippen molar-refractivity contribution in [3.63, 3.8) is 0 Å². The van der Waals surface area contributed by atoms with E-state index < -0.39 is 0 Å². The average molecular weight is 351 g/mol. The molecule has 3 rings (SSSR count). The first-order valence-electron chi connectivity index (χ1n) is 9.14. The molecule has 2 amide bonds. The van der Waals surface area contributed by atoms with Gasteiger partial charge in [0.15, 0.2) is 0 Å². The van der Waals surface area contributed by atoms with E-state index in [0.717, 1.165) is 38.0 Å². The van der Waals surface area contributed by atoms with Crippen molar-refractivity contribution in [2.45, 2.75) is 32.7 Å². The van der Waals surface area contributed by atoms with E-state index in [4.69, 9.17) is 0 Å². The number of amides is 2. The zero-order valence-electron chi connectivity index (χ0n) is 15.1. The largest absolute Gasteiger partial charge is 0.346 e. The lowest BCUT2D eigenvalue weighted by Crippen LogP contribution is -2.37. The van der Waals surface area contributed by atoms with E-state index in [2.05, 4.69) is 10.3 Å². The molecular weight excluding hydrogens is 326 g/mol. The Morgan fingerprint density at radius 2 is 1.85 bits per heavy atom. The Morgan fingerprint density at radius 1 is 1.12 bits per heavy atom. The molecule has 136 valence electrons. The lowest BCUT2D eigenvalue weighted by Gasteiger charge is -2.31. The van der Waals surface area contributed by atoms with Crippen LogP contribution in [0.2, 0.25) is 0 Å². The van der Waals surface area contributed by atoms with Gasteiger partial charge in [0.2, 0.25) is 5.91 Å². The van der Waals surface area contributed by atoms with Crippen molar-refractivity contribution < 1.29 is 9.59 Å². The summed E-state index contributed by atoms with van der Waals surface area (Å²) in [6, 6.07) is 13.5. The number of carbonyl (C=O) groups is 2. The summed E-state index contributed by atoms with van der Waals surface area (Å²) in [5.74, 6) is 0.691. The number of benzene rings is 1. The molecule has 0 aliphatic carbocycles. The topological polar surface area (TPSA) is 62.3 Å². The SMILES string of the molecule is CC(=O)N1CCC(Cc2ccc(C(=O)NCc3ccccn3)cc2)CC1. The molecule has 0 unspecified atom stereocenters. The maximum atomic E-state index is 12.2. The molecule has 1 aromatic carbocycles. The van der Waals surface area contributed by atoms with Gasteiger partial charge in [0.25, 0.3) is 5.91 Å². The Hall–Kier alpha value is -2.69. The van der Waals surface area contributed by atoms with Gasteiger partial charge < -0.3 is 10.2 Å². The maximum absolute atomic E-state index is 12.2. The molecule has 5 heteroatoms. The molecule has 0 atom stereocenters. The highest BCUT2D eigenvalue weighted by atomic mass is 16.2. The number of hydrogen-bond donors (Lipinski definition) is 1. The van der Waals surface area contributed by atoms with Crippen LogP contribution in [0.4, 0.5) is 0 Å². The van der Waals surface area contributed by atoms with E-state index in [1.165, 1.54) is 5.56 Å². The molecule has 0 radical (unpaired) electrons. The summed E-state index contributed by atoms with van der Waals surface area (Å²) in [5.41, 5.74) is 2.75. The fraction of sp³-hybridized carbons (Fsp3) is 0.381. The monoisotopic (exact) mass is 351 g/mol. The Balaban J connectivity index is 1.49. The number of nitrogens with zero attached hydrogens (tertiary/aromatic N) is 2. The van der Waals surface area contributed by atoms with Gasteiger partial charge >= 0.3 is 0 Å². The van der Waals surface area contributed by atoms with Crippen LogP contribution in [0.5, 0.6) is 0 Å². The summed E-state index contributed by atoms with van der Waals surface area (Å²) >= 11 is 0. The van der Waals surface area contributed by atoms with Crippen LogP contribution < -0.4 is 5.32 Å². The number of likely N-dealkylation sites (tertiary alicyclic amines) is 1. The second-order valence-electron chi connectivity index (χ2n) is 6.85. The number of piperidine rings is 1. The minimum Gasteiger partial charge on any atom is -0.346 e. The van der Waals surface area contributed by atoms with Gasteiger partial charge in [-0.15, -0.1) is 0 Å². The number of hydrogen-bond acceptors (Lipinski definition) is 3. The van der Waals surface area contributed by atoms with Crippen molar-refractivity contribution in [3.8, 4) is 0 Å². The Kier molecular flexibility index (Phi) is 6.00. The first kappa shape index (κ1) is 18.1. The average Bonchev–Trinajstić information content (AvgIpc) is 2.68. The number of nitrogens with one attached hydrogen (secondary N) is 1. The van der Waals surface area contributed by atoms with E-state index in [9.17, 15) is 9.59 Å². The van der Waals surface area contributed by atoms with E-state index in [1.807, 2.05) is 47.4 Å². The Morgan fingerprint density at radius 3 is 2.46 bits per heavy atom. The molecule has 0 spiro atoms. The number of carbonyl (C=O) groups excluding carboxylic acids is 2. The fourth-order valence-electron chi connectivity index (χ4n) is 3.35. The third-order valence-electron chi connectivity index (χ3n) is 4.96. The van der Waals surface area contributed by atoms with Gasteiger partial charge in [-0.05, 0) is 55.0 Å². The quantitative estimate of drug-likeness (QED) is 0.901. The molecule has 0 bridgehead atoms. The highest BCUT2D eigenvalue weighted by Gasteiger charge is 2.20. The normalized spacial score (nSPS) is 14.9. The van der Waals surface area contributed by atoms with Gasteiger partial charge in [-0.1, -0.05) is 18.2 Å². The van der Waals surface area contributed by atoms with Crippen molar-refractivity contribution in [3.05, 3.63) is 65.5 Å². The van der Waals surface area contributed by atoms with Crippen LogP contribution in [-0.4, -0.2) is 34.8 Å². The summed E-state index contributed by atoms with van der Waals surface area (Å²) < 4.78 is 0. The minimum absolute atomic E-state index is 0.0861. The molecule has 1 fully saturated rings. The summed E-state index contributed by atoms with van der Waals surface area (Å²) in [6.07, 6.45) is 4.82. The van der Waals surface area contributed by atoms with Crippen molar-refractivity contribution in [1.29, 1.82) is 0 Å². The van der Waals surface area contributed by atoms with Gasteiger partial charge in [-0.25, -0.2) is 0 Å². The molecule has 0 saturated carbocycles. The molecular formula is C21H25N3O2. The zero-order valence-corrected chi connectivity index (χ0v) is 15.1. The maximum Gasteiger partial charge on any atom is 0.251 e. The van der Waals surface area contributed by atoms with Gasteiger partial charge in [-0.3, -0.25) is 14.6 Å². The molecule has 1 aliphatic rings. The lowest BCUT2D eigenvalue weighted by molar-refractivity contribution is -0.130. The van der Waals surface area contributed by atoms with Crippen LogP contribution in [0.1, 0.15) is 41.4 Å². The van der Waals surface area contributed by atoms with E-state index in [1.54, 1.807) is 13.1 Å². The van der Waals surface area contributed by atoms with Gasteiger partial charge in [0.1, 0.15) is 0 Å². The lowest BCUT2D eigenvalue weighted by atomic mass is 9.90. The van der Waals surface area contributed by atoms with E-state index in [-0.39, 0.29) is 11.8 Å². The Bertz CT molecular complexity index is 736. The third-order valence-corrected chi connectivity index (χ3v) is 4.96. The van der Waals surface area contributed by atoms with Gasteiger partial charge in [-0.2, -0.15) is 0 Å². The van der Waals surface area contributed by atoms with Gasteiger partial charge in [0, 0.05) is 31.8 Å². The molecule has 1 aliphatic heterocycles. The molecule has 1 N–H and O–H groups in total.